The van der Waals surface area contributed by atoms with E-state index in [2.05, 4.69) is 14.6 Å². The number of aliphatic hydroxyl groups excluding tert-OH is 1. The zero-order valence-corrected chi connectivity index (χ0v) is 10.4. The topological polar surface area (TPSA) is 58.9 Å². The quantitative estimate of drug-likeness (QED) is 0.788. The average molecular weight is 263 g/mol. The van der Waals surface area contributed by atoms with E-state index in [0.29, 0.717) is 12.1 Å². The second-order valence-electron chi connectivity index (χ2n) is 3.63. The van der Waals surface area contributed by atoms with Crippen LogP contribution in [0.25, 0.3) is 10.2 Å². The van der Waals surface area contributed by atoms with Crippen LogP contribution in [0.4, 0.5) is 0 Å². The lowest BCUT2D eigenvalue weighted by atomic mass is 10.2. The highest BCUT2D eigenvalue weighted by atomic mass is 32.1. The summed E-state index contributed by atoms with van der Waals surface area (Å²) in [6.45, 7) is 0. The highest BCUT2D eigenvalue weighted by molar-refractivity contribution is 7.18. The van der Waals surface area contributed by atoms with E-state index in [1.165, 1.54) is 11.5 Å². The van der Waals surface area contributed by atoms with Gasteiger partial charge in [0.2, 0.25) is 0 Å². The summed E-state index contributed by atoms with van der Waals surface area (Å²) in [4.78, 5) is 4.48. The number of fused-ring (bicyclic) bond motifs is 1. The summed E-state index contributed by atoms with van der Waals surface area (Å²) in [5.74, 6) is 0. The summed E-state index contributed by atoms with van der Waals surface area (Å²) in [7, 11) is 0. The number of aliphatic hydroxyl groups is 1. The molecule has 0 amide bonds. The van der Waals surface area contributed by atoms with Gasteiger partial charge in [-0.15, -0.1) is 16.4 Å². The van der Waals surface area contributed by atoms with Crippen LogP contribution >= 0.6 is 22.9 Å². The standard InChI is InChI=1S/C11H9N3OS2/c15-9(8-6-16-14-13-8)5-11-12-7-3-1-2-4-10(7)17-11/h1-4,6,9,15H,5H2. The summed E-state index contributed by atoms with van der Waals surface area (Å²) in [5.41, 5.74) is 1.60. The molecule has 4 nitrogen and oxygen atoms in total. The minimum atomic E-state index is -0.616. The van der Waals surface area contributed by atoms with Crippen molar-refractivity contribution in [1.29, 1.82) is 0 Å². The lowest BCUT2D eigenvalue weighted by Crippen LogP contribution is -2.01. The van der Waals surface area contributed by atoms with Gasteiger partial charge in [0, 0.05) is 11.8 Å². The maximum absolute atomic E-state index is 9.96. The summed E-state index contributed by atoms with van der Waals surface area (Å²) in [6.07, 6.45) is -0.126. The van der Waals surface area contributed by atoms with E-state index in [1.807, 2.05) is 24.3 Å². The van der Waals surface area contributed by atoms with E-state index in [4.69, 9.17) is 0 Å². The summed E-state index contributed by atoms with van der Waals surface area (Å²) in [5, 5.41) is 16.5. The van der Waals surface area contributed by atoms with Gasteiger partial charge in [-0.3, -0.25) is 0 Å². The second kappa shape index (κ2) is 4.48. The third kappa shape index (κ3) is 2.19. The number of para-hydroxylation sites is 1. The highest BCUT2D eigenvalue weighted by Gasteiger charge is 2.14. The minimum absolute atomic E-state index is 0.491. The first-order chi connectivity index (χ1) is 8.33. The van der Waals surface area contributed by atoms with Gasteiger partial charge < -0.3 is 5.11 Å². The molecule has 2 aromatic heterocycles. The van der Waals surface area contributed by atoms with Crippen LogP contribution in [0.1, 0.15) is 16.8 Å². The van der Waals surface area contributed by atoms with Crippen LogP contribution in [-0.4, -0.2) is 19.7 Å². The molecule has 1 unspecified atom stereocenters. The van der Waals surface area contributed by atoms with Gasteiger partial charge in [0.25, 0.3) is 0 Å². The molecule has 0 aliphatic carbocycles. The molecule has 0 radical (unpaired) electrons. The van der Waals surface area contributed by atoms with E-state index in [9.17, 15) is 5.11 Å². The van der Waals surface area contributed by atoms with E-state index in [1.54, 1.807) is 16.7 Å². The lowest BCUT2D eigenvalue weighted by Gasteiger charge is -2.02. The third-order valence-electron chi connectivity index (χ3n) is 2.42. The zero-order chi connectivity index (χ0) is 11.7. The van der Waals surface area contributed by atoms with Gasteiger partial charge >= 0.3 is 0 Å². The number of hydrogen-bond acceptors (Lipinski definition) is 6. The average Bonchev–Trinajstić information content (AvgIpc) is 2.97. The molecule has 0 saturated carbocycles. The van der Waals surface area contributed by atoms with Crippen molar-refractivity contribution in [3.8, 4) is 0 Å². The molecule has 2 heterocycles. The van der Waals surface area contributed by atoms with Gasteiger partial charge in [-0.2, -0.15) is 0 Å². The SMILES string of the molecule is OC(Cc1nc2ccccc2s1)c1csnn1. The molecule has 3 aromatic rings. The summed E-state index contributed by atoms with van der Waals surface area (Å²) >= 11 is 2.85. The summed E-state index contributed by atoms with van der Waals surface area (Å²) < 4.78 is 4.89. The number of hydrogen-bond donors (Lipinski definition) is 1. The molecule has 1 atom stereocenters. The van der Waals surface area contributed by atoms with Gasteiger partial charge in [-0.25, -0.2) is 4.98 Å². The predicted octanol–water partition coefficient (Wildman–Crippen LogP) is 2.42. The van der Waals surface area contributed by atoms with Crippen molar-refractivity contribution in [2.24, 2.45) is 0 Å². The maximum Gasteiger partial charge on any atom is 0.105 e. The molecule has 0 aliphatic heterocycles. The number of benzene rings is 1. The Morgan fingerprint density at radius 2 is 2.18 bits per heavy atom. The number of nitrogens with zero attached hydrogens (tertiary/aromatic N) is 3. The van der Waals surface area contributed by atoms with Gasteiger partial charge in [0.1, 0.15) is 11.8 Å². The molecule has 17 heavy (non-hydrogen) atoms. The van der Waals surface area contributed by atoms with Crippen molar-refractivity contribution in [1.82, 2.24) is 14.6 Å². The molecule has 0 saturated heterocycles. The maximum atomic E-state index is 9.96. The molecule has 1 aromatic carbocycles. The molecule has 6 heteroatoms. The van der Waals surface area contributed by atoms with Crippen molar-refractivity contribution in [2.75, 3.05) is 0 Å². The molecule has 0 aliphatic rings. The van der Waals surface area contributed by atoms with Gasteiger partial charge in [-0.1, -0.05) is 16.6 Å². The van der Waals surface area contributed by atoms with E-state index in [-0.39, 0.29) is 0 Å². The lowest BCUT2D eigenvalue weighted by molar-refractivity contribution is 0.173. The number of thiazole rings is 1. The van der Waals surface area contributed by atoms with E-state index >= 15 is 0 Å². The molecule has 1 N–H and O–H groups in total. The first-order valence-corrected chi connectivity index (χ1v) is 6.78. The third-order valence-corrected chi connectivity index (χ3v) is 4.01. The normalized spacial score (nSPS) is 13.0. The van der Waals surface area contributed by atoms with E-state index < -0.39 is 6.10 Å². The fourth-order valence-corrected chi connectivity index (χ4v) is 3.10. The van der Waals surface area contributed by atoms with Crippen LogP contribution in [0.2, 0.25) is 0 Å². The molecule has 3 rings (SSSR count). The Bertz CT molecular complexity index is 587. The monoisotopic (exact) mass is 263 g/mol. The molecule has 86 valence electrons. The van der Waals surface area contributed by atoms with Gasteiger partial charge in [0.05, 0.1) is 15.2 Å². The van der Waals surface area contributed by atoms with Crippen molar-refractivity contribution >= 4 is 33.1 Å². The smallest absolute Gasteiger partial charge is 0.105 e. The first-order valence-electron chi connectivity index (χ1n) is 5.12. The van der Waals surface area contributed by atoms with Gasteiger partial charge in [-0.05, 0) is 23.7 Å². The first kappa shape index (κ1) is 10.8. The second-order valence-corrected chi connectivity index (χ2v) is 5.35. The number of rotatable bonds is 3. The van der Waals surface area contributed by atoms with E-state index in [0.717, 1.165) is 15.2 Å². The van der Waals surface area contributed by atoms with Crippen molar-refractivity contribution in [3.63, 3.8) is 0 Å². The zero-order valence-electron chi connectivity index (χ0n) is 8.78. The molecular weight excluding hydrogens is 254 g/mol. The Morgan fingerprint density at radius 3 is 2.94 bits per heavy atom. The largest absolute Gasteiger partial charge is 0.386 e. The summed E-state index contributed by atoms with van der Waals surface area (Å²) in [6, 6.07) is 7.97. The van der Waals surface area contributed by atoms with Crippen molar-refractivity contribution < 1.29 is 5.11 Å². The van der Waals surface area contributed by atoms with Crippen LogP contribution in [0.15, 0.2) is 29.6 Å². The number of aromatic nitrogens is 3. The minimum Gasteiger partial charge on any atom is -0.386 e. The Kier molecular flexibility index (Phi) is 2.84. The molecule has 0 bridgehead atoms. The van der Waals surface area contributed by atoms with Crippen molar-refractivity contribution in [3.05, 3.63) is 40.3 Å². The van der Waals surface area contributed by atoms with Crippen molar-refractivity contribution in [2.45, 2.75) is 12.5 Å². The highest BCUT2D eigenvalue weighted by Crippen LogP contribution is 2.25. The Labute approximate surface area is 106 Å². The van der Waals surface area contributed by atoms with Crippen LogP contribution in [-0.2, 0) is 6.42 Å². The fraction of sp³-hybridized carbons (Fsp3) is 0.182. The molecule has 0 fully saturated rings. The fourth-order valence-electron chi connectivity index (χ4n) is 1.59. The van der Waals surface area contributed by atoms with Gasteiger partial charge in [0.15, 0.2) is 0 Å². The molecular formula is C11H9N3OS2. The Balaban J connectivity index is 1.85. The van der Waals surface area contributed by atoms with Crippen LogP contribution in [0.5, 0.6) is 0 Å². The molecule has 0 spiro atoms. The van der Waals surface area contributed by atoms with Crippen LogP contribution in [0, 0.1) is 0 Å². The predicted molar refractivity (Wildman–Crippen MR) is 68.2 cm³/mol. The Morgan fingerprint density at radius 1 is 1.29 bits per heavy atom. The van der Waals surface area contributed by atoms with Crippen LogP contribution < -0.4 is 0 Å². The Hall–Kier alpha value is -1.37. The van der Waals surface area contributed by atoms with Crippen LogP contribution in [0.3, 0.4) is 0 Å².